The van der Waals surface area contributed by atoms with Crippen LogP contribution in [0.25, 0.3) is 0 Å². The predicted molar refractivity (Wildman–Crippen MR) is 72.5 cm³/mol. The highest BCUT2D eigenvalue weighted by Gasteiger charge is 2.48. The summed E-state index contributed by atoms with van der Waals surface area (Å²) >= 11 is 0. The summed E-state index contributed by atoms with van der Waals surface area (Å²) in [5.74, 6) is -1.94. The van der Waals surface area contributed by atoms with Gasteiger partial charge >= 0.3 is 5.97 Å². The van der Waals surface area contributed by atoms with Crippen molar-refractivity contribution in [1.29, 1.82) is 0 Å². The van der Waals surface area contributed by atoms with Crippen molar-refractivity contribution in [3.8, 4) is 0 Å². The van der Waals surface area contributed by atoms with Gasteiger partial charge in [0.15, 0.2) is 5.82 Å². The smallest absolute Gasteiger partial charge is 0.311 e. The van der Waals surface area contributed by atoms with Crippen molar-refractivity contribution in [1.82, 2.24) is 9.29 Å². The van der Waals surface area contributed by atoms with Crippen LogP contribution in [-0.4, -0.2) is 41.9 Å². The van der Waals surface area contributed by atoms with Crippen molar-refractivity contribution in [2.45, 2.75) is 31.2 Å². The number of pyridine rings is 1. The molecule has 2 heterocycles. The highest BCUT2D eigenvalue weighted by molar-refractivity contribution is 7.89. The molecule has 1 atom stereocenters. The lowest BCUT2D eigenvalue weighted by atomic mass is 9.83. The van der Waals surface area contributed by atoms with Crippen LogP contribution >= 0.6 is 0 Å². The van der Waals surface area contributed by atoms with Crippen LogP contribution < -0.4 is 0 Å². The van der Waals surface area contributed by atoms with Gasteiger partial charge in [0.05, 0.1) is 5.41 Å². The van der Waals surface area contributed by atoms with Gasteiger partial charge in [-0.1, -0.05) is 13.3 Å². The molecule has 1 N–H and O–H groups in total. The van der Waals surface area contributed by atoms with Crippen molar-refractivity contribution in [2.75, 3.05) is 13.1 Å². The number of nitrogens with zero attached hydrogens (tertiary/aromatic N) is 2. The zero-order chi connectivity index (χ0) is 15.7. The van der Waals surface area contributed by atoms with Crippen LogP contribution in [0.1, 0.15) is 26.2 Å². The first kappa shape index (κ1) is 15.8. The van der Waals surface area contributed by atoms with E-state index in [0.717, 1.165) is 10.4 Å². The summed E-state index contributed by atoms with van der Waals surface area (Å²) in [7, 11) is -4.11. The van der Waals surface area contributed by atoms with Gasteiger partial charge in [0.25, 0.3) is 10.0 Å². The first-order valence-corrected chi connectivity index (χ1v) is 8.11. The average molecular weight is 316 g/mol. The molecule has 116 valence electrons. The van der Waals surface area contributed by atoms with Gasteiger partial charge in [0, 0.05) is 19.3 Å². The number of sulfonamides is 1. The Morgan fingerprint density at radius 3 is 2.86 bits per heavy atom. The third kappa shape index (κ3) is 2.77. The molecule has 0 spiro atoms. The second-order valence-corrected chi connectivity index (χ2v) is 7.07. The number of hydrogen-bond donors (Lipinski definition) is 1. The van der Waals surface area contributed by atoms with Gasteiger partial charge in [-0.25, -0.2) is 17.8 Å². The Bertz CT molecular complexity index is 649. The molecule has 1 aromatic heterocycles. The maximum absolute atomic E-state index is 13.7. The predicted octanol–water partition coefficient (Wildman–Crippen LogP) is 1.49. The van der Waals surface area contributed by atoms with Crippen LogP contribution in [0.2, 0.25) is 0 Å². The molecule has 1 aromatic rings. The minimum absolute atomic E-state index is 0.0602. The molecule has 6 nitrogen and oxygen atoms in total. The normalized spacial score (nSPS) is 23.3. The number of carboxylic acid groups (broad SMARTS) is 1. The van der Waals surface area contributed by atoms with Crippen molar-refractivity contribution in [3.05, 3.63) is 24.1 Å². The molecule has 1 aliphatic rings. The molecule has 2 rings (SSSR count). The van der Waals surface area contributed by atoms with E-state index in [9.17, 15) is 22.7 Å². The van der Waals surface area contributed by atoms with Gasteiger partial charge in [-0.15, -0.1) is 0 Å². The van der Waals surface area contributed by atoms with Crippen molar-refractivity contribution in [2.24, 2.45) is 5.41 Å². The van der Waals surface area contributed by atoms with Gasteiger partial charge in [-0.05, 0) is 25.0 Å². The number of halogens is 1. The van der Waals surface area contributed by atoms with E-state index in [2.05, 4.69) is 4.98 Å². The molecule has 1 unspecified atom stereocenters. The fourth-order valence-corrected chi connectivity index (χ4v) is 4.19. The molecule has 8 heteroatoms. The fraction of sp³-hybridized carbons (Fsp3) is 0.538. The fourth-order valence-electron chi connectivity index (χ4n) is 2.69. The molecular weight excluding hydrogens is 299 g/mol. The second-order valence-electron chi connectivity index (χ2n) is 5.21. The van der Waals surface area contributed by atoms with Crippen LogP contribution in [0.15, 0.2) is 23.4 Å². The molecule has 0 aromatic carbocycles. The third-order valence-electron chi connectivity index (χ3n) is 3.81. The molecule has 0 aliphatic carbocycles. The number of carbonyl (C=O) groups is 1. The summed E-state index contributed by atoms with van der Waals surface area (Å²) in [5.41, 5.74) is -1.09. The van der Waals surface area contributed by atoms with Crippen molar-refractivity contribution >= 4 is 16.0 Å². The third-order valence-corrected chi connectivity index (χ3v) is 5.59. The summed E-state index contributed by atoms with van der Waals surface area (Å²) in [5, 5.41) is 8.74. The Kier molecular flexibility index (Phi) is 4.29. The molecule has 1 aliphatic heterocycles. The Morgan fingerprint density at radius 1 is 1.57 bits per heavy atom. The first-order chi connectivity index (χ1) is 9.83. The number of aromatic nitrogens is 1. The minimum Gasteiger partial charge on any atom is -0.481 e. The second kappa shape index (κ2) is 5.69. The molecule has 21 heavy (non-hydrogen) atoms. The van der Waals surface area contributed by atoms with Crippen molar-refractivity contribution < 1.29 is 22.7 Å². The quantitative estimate of drug-likeness (QED) is 0.889. The van der Waals surface area contributed by atoms with E-state index < -0.39 is 32.3 Å². The van der Waals surface area contributed by atoms with Crippen LogP contribution in [0.3, 0.4) is 0 Å². The zero-order valence-electron chi connectivity index (χ0n) is 11.6. The Balaban J connectivity index is 2.32. The monoisotopic (exact) mass is 316 g/mol. The van der Waals surface area contributed by atoms with E-state index in [4.69, 9.17) is 0 Å². The van der Waals surface area contributed by atoms with Crippen molar-refractivity contribution in [3.63, 3.8) is 0 Å². The van der Waals surface area contributed by atoms with E-state index in [1.807, 2.05) is 6.92 Å². The molecule has 0 amide bonds. The standard InChI is InChI=1S/C13H17FN2O4S/c1-2-5-13(12(17)18)6-8-16(9-13)21(19,20)11-10(14)4-3-7-15-11/h3-4,7H,2,5-6,8-9H2,1H3,(H,17,18). The summed E-state index contributed by atoms with van der Waals surface area (Å²) in [6.45, 7) is 1.76. The molecular formula is C13H17FN2O4S. The van der Waals surface area contributed by atoms with E-state index in [1.165, 1.54) is 12.3 Å². The number of hydrogen-bond acceptors (Lipinski definition) is 4. The van der Waals surface area contributed by atoms with Gasteiger partial charge < -0.3 is 5.11 Å². The van der Waals surface area contributed by atoms with Crippen LogP contribution in [0.4, 0.5) is 4.39 Å². The van der Waals surface area contributed by atoms with Gasteiger partial charge in [-0.2, -0.15) is 4.31 Å². The zero-order valence-corrected chi connectivity index (χ0v) is 12.4. The van der Waals surface area contributed by atoms with Gasteiger partial charge in [-0.3, -0.25) is 4.79 Å². The lowest BCUT2D eigenvalue weighted by Crippen LogP contribution is -2.37. The van der Waals surface area contributed by atoms with E-state index >= 15 is 0 Å². The summed E-state index contributed by atoms with van der Waals surface area (Å²) in [4.78, 5) is 15.1. The highest BCUT2D eigenvalue weighted by Crippen LogP contribution is 2.38. The van der Waals surface area contributed by atoms with E-state index in [1.54, 1.807) is 0 Å². The number of carboxylic acids is 1. The van der Waals surface area contributed by atoms with Crippen LogP contribution in [-0.2, 0) is 14.8 Å². The summed E-state index contributed by atoms with van der Waals surface area (Å²) < 4.78 is 39.5. The topological polar surface area (TPSA) is 87.6 Å². The Morgan fingerprint density at radius 2 is 2.29 bits per heavy atom. The summed E-state index contributed by atoms with van der Waals surface area (Å²) in [6, 6.07) is 2.32. The highest BCUT2D eigenvalue weighted by atomic mass is 32.2. The Hall–Kier alpha value is -1.54. The van der Waals surface area contributed by atoms with Gasteiger partial charge in [0.2, 0.25) is 5.03 Å². The summed E-state index contributed by atoms with van der Waals surface area (Å²) in [6.07, 6.45) is 2.45. The Labute approximate surface area is 122 Å². The molecule has 0 saturated carbocycles. The average Bonchev–Trinajstić information content (AvgIpc) is 2.86. The first-order valence-electron chi connectivity index (χ1n) is 6.67. The minimum atomic E-state index is -4.11. The lowest BCUT2D eigenvalue weighted by molar-refractivity contribution is -0.148. The van der Waals surface area contributed by atoms with Gasteiger partial charge in [0.1, 0.15) is 0 Å². The van der Waals surface area contributed by atoms with E-state index in [0.29, 0.717) is 12.8 Å². The molecule has 0 radical (unpaired) electrons. The number of rotatable bonds is 5. The maximum Gasteiger partial charge on any atom is 0.311 e. The molecule has 1 fully saturated rings. The molecule has 1 saturated heterocycles. The SMILES string of the molecule is CCCC1(C(=O)O)CCN(S(=O)(=O)c2ncccc2F)C1. The van der Waals surface area contributed by atoms with E-state index in [-0.39, 0.29) is 19.5 Å². The van der Waals surface area contributed by atoms with Crippen LogP contribution in [0.5, 0.6) is 0 Å². The lowest BCUT2D eigenvalue weighted by Gasteiger charge is -2.23. The largest absolute Gasteiger partial charge is 0.481 e. The molecule has 0 bridgehead atoms. The maximum atomic E-state index is 13.7. The van der Waals surface area contributed by atoms with Crippen LogP contribution in [0, 0.1) is 11.2 Å². The number of aliphatic carboxylic acids is 1.